The lowest BCUT2D eigenvalue weighted by Gasteiger charge is -2.11. The van der Waals surface area contributed by atoms with E-state index >= 15 is 0 Å². The Bertz CT molecular complexity index is 1400. The van der Waals surface area contributed by atoms with Gasteiger partial charge in [0.25, 0.3) is 5.91 Å². The molecule has 0 unspecified atom stereocenters. The number of hydrogen-bond donors (Lipinski definition) is 1. The van der Waals surface area contributed by atoms with Crippen LogP contribution in [0.1, 0.15) is 26.4 Å². The van der Waals surface area contributed by atoms with E-state index in [9.17, 15) is 9.59 Å². The molecule has 0 aliphatic heterocycles. The molecule has 172 valence electrons. The van der Waals surface area contributed by atoms with Gasteiger partial charge in [0.15, 0.2) is 5.69 Å². The number of nitrogens with zero attached hydrogens (tertiary/aromatic N) is 2. The fraction of sp³-hybridized carbons (Fsp3) is 0.0800. The summed E-state index contributed by atoms with van der Waals surface area (Å²) in [5.74, 6) is -1.05. The van der Waals surface area contributed by atoms with Gasteiger partial charge in [0.1, 0.15) is 0 Å². The van der Waals surface area contributed by atoms with Gasteiger partial charge in [-0.2, -0.15) is 5.10 Å². The maximum absolute atomic E-state index is 13.3. The van der Waals surface area contributed by atoms with Crippen LogP contribution in [0, 0.1) is 6.92 Å². The molecule has 0 saturated carbocycles. The number of benzene rings is 3. The number of carbonyl (C=O) groups is 2. The zero-order valence-corrected chi connectivity index (χ0v) is 20.4. The standard InChI is InChI=1S/C25H18Cl3N3O3/c1-14-22(24(32)29-20-6-4-3-5-18(20)25(33)34-2)30-31(21-12-11-17(27)13-19(21)28)23(14)15-7-9-16(26)10-8-15/h3-13H,1-2H3,(H,29,32). The summed E-state index contributed by atoms with van der Waals surface area (Å²) < 4.78 is 6.41. The molecule has 4 rings (SSSR count). The lowest BCUT2D eigenvalue weighted by molar-refractivity contribution is 0.0602. The van der Waals surface area contributed by atoms with Crippen molar-refractivity contribution in [2.24, 2.45) is 0 Å². The van der Waals surface area contributed by atoms with Gasteiger partial charge in [0, 0.05) is 21.2 Å². The fourth-order valence-electron chi connectivity index (χ4n) is 3.55. The number of nitrogens with one attached hydrogen (secondary N) is 1. The van der Waals surface area contributed by atoms with Crippen LogP contribution in [0.3, 0.4) is 0 Å². The molecule has 0 aliphatic rings. The number of rotatable bonds is 5. The van der Waals surface area contributed by atoms with Crippen molar-refractivity contribution in [3.05, 3.63) is 98.6 Å². The van der Waals surface area contributed by atoms with Crippen molar-refractivity contribution in [1.29, 1.82) is 0 Å². The van der Waals surface area contributed by atoms with Crippen molar-refractivity contribution in [1.82, 2.24) is 9.78 Å². The number of hydrogen-bond acceptors (Lipinski definition) is 4. The van der Waals surface area contributed by atoms with Gasteiger partial charge in [0.2, 0.25) is 0 Å². The highest BCUT2D eigenvalue weighted by Crippen LogP contribution is 2.33. The molecule has 4 aromatic rings. The first-order chi connectivity index (χ1) is 16.3. The van der Waals surface area contributed by atoms with Crippen LogP contribution in [0.5, 0.6) is 0 Å². The minimum atomic E-state index is -0.562. The average Bonchev–Trinajstić information content (AvgIpc) is 3.16. The second kappa shape index (κ2) is 9.89. The zero-order valence-electron chi connectivity index (χ0n) is 18.1. The van der Waals surface area contributed by atoms with Crippen molar-refractivity contribution in [2.75, 3.05) is 12.4 Å². The Balaban J connectivity index is 1.84. The van der Waals surface area contributed by atoms with Crippen LogP contribution in [-0.4, -0.2) is 28.8 Å². The van der Waals surface area contributed by atoms with Crippen LogP contribution in [0.2, 0.25) is 15.1 Å². The molecular weight excluding hydrogens is 497 g/mol. The Morgan fingerprint density at radius 1 is 0.941 bits per heavy atom. The number of aromatic nitrogens is 2. The normalized spacial score (nSPS) is 10.7. The summed E-state index contributed by atoms with van der Waals surface area (Å²) in [7, 11) is 1.28. The lowest BCUT2D eigenvalue weighted by atomic mass is 10.1. The Labute approximate surface area is 211 Å². The molecule has 6 nitrogen and oxygen atoms in total. The number of esters is 1. The maximum atomic E-state index is 13.3. The third-order valence-electron chi connectivity index (χ3n) is 5.17. The number of ether oxygens (including phenoxy) is 1. The minimum absolute atomic E-state index is 0.163. The van der Waals surface area contributed by atoms with Crippen molar-refractivity contribution >= 4 is 52.4 Å². The summed E-state index contributed by atoms with van der Waals surface area (Å²) in [5.41, 5.74) is 3.31. The molecule has 3 aromatic carbocycles. The number of methoxy groups -OCH3 is 1. The second-order valence-electron chi connectivity index (χ2n) is 7.33. The first-order valence-electron chi connectivity index (χ1n) is 10.1. The van der Waals surface area contributed by atoms with Gasteiger partial charge in [-0.05, 0) is 49.4 Å². The van der Waals surface area contributed by atoms with Gasteiger partial charge < -0.3 is 10.1 Å². The molecule has 0 fully saturated rings. The molecular formula is C25H18Cl3N3O3. The van der Waals surface area contributed by atoms with E-state index in [1.807, 2.05) is 12.1 Å². The monoisotopic (exact) mass is 513 g/mol. The fourth-order valence-corrected chi connectivity index (χ4v) is 4.16. The number of amides is 1. The summed E-state index contributed by atoms with van der Waals surface area (Å²) in [6.07, 6.45) is 0. The second-order valence-corrected chi connectivity index (χ2v) is 8.61. The molecule has 34 heavy (non-hydrogen) atoms. The summed E-state index contributed by atoms with van der Waals surface area (Å²) in [6.45, 7) is 1.79. The van der Waals surface area contributed by atoms with E-state index in [1.165, 1.54) is 7.11 Å². The van der Waals surface area contributed by atoms with E-state index in [-0.39, 0.29) is 11.3 Å². The van der Waals surface area contributed by atoms with Crippen LogP contribution < -0.4 is 5.32 Å². The van der Waals surface area contributed by atoms with E-state index < -0.39 is 11.9 Å². The molecule has 1 heterocycles. The van der Waals surface area contributed by atoms with Crippen LogP contribution in [0.25, 0.3) is 16.9 Å². The molecule has 0 atom stereocenters. The van der Waals surface area contributed by atoms with Gasteiger partial charge in [0.05, 0.1) is 34.8 Å². The predicted octanol–water partition coefficient (Wildman–Crippen LogP) is 6.85. The highest BCUT2D eigenvalue weighted by atomic mass is 35.5. The van der Waals surface area contributed by atoms with Gasteiger partial charge in [-0.1, -0.05) is 59.1 Å². The topological polar surface area (TPSA) is 73.2 Å². The Kier molecular flexibility index (Phi) is 6.93. The zero-order chi connectivity index (χ0) is 24.4. The van der Waals surface area contributed by atoms with Crippen LogP contribution in [0.15, 0.2) is 66.7 Å². The minimum Gasteiger partial charge on any atom is -0.465 e. The van der Waals surface area contributed by atoms with Crippen LogP contribution in [0.4, 0.5) is 5.69 Å². The molecule has 1 amide bonds. The molecule has 1 aromatic heterocycles. The highest BCUT2D eigenvalue weighted by molar-refractivity contribution is 6.35. The summed E-state index contributed by atoms with van der Waals surface area (Å²) >= 11 is 18.6. The number of halogens is 3. The number of carbonyl (C=O) groups excluding carboxylic acids is 2. The van der Waals surface area contributed by atoms with Crippen molar-refractivity contribution < 1.29 is 14.3 Å². The predicted molar refractivity (Wildman–Crippen MR) is 135 cm³/mol. The van der Waals surface area contributed by atoms with Crippen LogP contribution in [-0.2, 0) is 4.74 Å². The largest absolute Gasteiger partial charge is 0.465 e. The highest BCUT2D eigenvalue weighted by Gasteiger charge is 2.24. The molecule has 1 N–H and O–H groups in total. The molecule has 0 spiro atoms. The van der Waals surface area contributed by atoms with Crippen molar-refractivity contribution in [2.45, 2.75) is 6.92 Å². The third kappa shape index (κ3) is 4.66. The van der Waals surface area contributed by atoms with E-state index in [4.69, 9.17) is 39.5 Å². The first kappa shape index (κ1) is 23.8. The Morgan fingerprint density at radius 2 is 1.62 bits per heavy atom. The molecule has 0 bridgehead atoms. The molecule has 0 aliphatic carbocycles. The Hall–Kier alpha value is -3.32. The van der Waals surface area contributed by atoms with E-state index in [1.54, 1.807) is 66.2 Å². The van der Waals surface area contributed by atoms with E-state index in [0.717, 1.165) is 5.56 Å². The molecule has 0 saturated heterocycles. The quantitative estimate of drug-likeness (QED) is 0.296. The third-order valence-corrected chi connectivity index (χ3v) is 5.96. The van der Waals surface area contributed by atoms with Crippen LogP contribution >= 0.6 is 34.8 Å². The maximum Gasteiger partial charge on any atom is 0.339 e. The van der Waals surface area contributed by atoms with E-state index in [2.05, 4.69) is 10.4 Å². The average molecular weight is 515 g/mol. The number of para-hydroxylation sites is 1. The summed E-state index contributed by atoms with van der Waals surface area (Å²) in [4.78, 5) is 25.4. The molecule has 0 radical (unpaired) electrons. The van der Waals surface area contributed by atoms with E-state index in [0.29, 0.717) is 37.7 Å². The SMILES string of the molecule is COC(=O)c1ccccc1NC(=O)c1nn(-c2ccc(Cl)cc2Cl)c(-c2ccc(Cl)cc2)c1C. The Morgan fingerprint density at radius 3 is 2.29 bits per heavy atom. The van der Waals surface area contributed by atoms with Crippen molar-refractivity contribution in [3.8, 4) is 16.9 Å². The van der Waals surface area contributed by atoms with Gasteiger partial charge in [-0.15, -0.1) is 0 Å². The smallest absolute Gasteiger partial charge is 0.339 e. The van der Waals surface area contributed by atoms with Gasteiger partial charge >= 0.3 is 5.97 Å². The number of anilines is 1. The molecule has 9 heteroatoms. The van der Waals surface area contributed by atoms with Gasteiger partial charge in [-0.25, -0.2) is 9.48 Å². The van der Waals surface area contributed by atoms with Crippen molar-refractivity contribution in [3.63, 3.8) is 0 Å². The van der Waals surface area contributed by atoms with Gasteiger partial charge in [-0.3, -0.25) is 4.79 Å². The first-order valence-corrected chi connectivity index (χ1v) is 11.2. The lowest BCUT2D eigenvalue weighted by Crippen LogP contribution is -2.17. The summed E-state index contributed by atoms with van der Waals surface area (Å²) in [5, 5.41) is 8.78. The summed E-state index contributed by atoms with van der Waals surface area (Å²) in [6, 6.07) is 18.8.